The van der Waals surface area contributed by atoms with Crippen molar-refractivity contribution in [3.8, 4) is 0 Å². The lowest BCUT2D eigenvalue weighted by Crippen LogP contribution is -2.31. The second kappa shape index (κ2) is 7.85. The van der Waals surface area contributed by atoms with Gasteiger partial charge in [-0.15, -0.1) is 0 Å². The zero-order chi connectivity index (χ0) is 15.2. The Hall–Kier alpha value is -0.790. The molecule has 0 radical (unpaired) electrons. The number of nitrogens with one attached hydrogen (secondary N) is 1. The highest BCUT2D eigenvalue weighted by atomic mass is 79.9. The molecule has 7 heteroatoms. The number of halogens is 4. The first-order valence-corrected chi connectivity index (χ1v) is 6.89. The fourth-order valence-corrected chi connectivity index (χ4v) is 2.46. The highest BCUT2D eigenvalue weighted by Gasteiger charge is 2.29. The summed E-state index contributed by atoms with van der Waals surface area (Å²) in [4.78, 5) is 1.17. The summed E-state index contributed by atoms with van der Waals surface area (Å²) in [6.45, 7) is 1.01. The summed E-state index contributed by atoms with van der Waals surface area (Å²) >= 11 is 3.32. The van der Waals surface area contributed by atoms with Crippen LogP contribution in [0.4, 0.5) is 18.9 Å². The molecule has 20 heavy (non-hydrogen) atoms. The normalized spacial score (nSPS) is 11.7. The van der Waals surface area contributed by atoms with Gasteiger partial charge in [-0.25, -0.2) is 0 Å². The van der Waals surface area contributed by atoms with E-state index in [0.717, 1.165) is 12.1 Å². The van der Waals surface area contributed by atoms with Crippen molar-refractivity contribution in [3.63, 3.8) is 0 Å². The summed E-state index contributed by atoms with van der Waals surface area (Å²) in [5.41, 5.74) is 1.51. The third-order valence-electron chi connectivity index (χ3n) is 2.65. The Morgan fingerprint density at radius 3 is 2.60 bits per heavy atom. The molecule has 0 spiro atoms. The van der Waals surface area contributed by atoms with Crippen molar-refractivity contribution in [1.29, 1.82) is 0 Å². The van der Waals surface area contributed by atoms with Crippen LogP contribution in [0.15, 0.2) is 22.7 Å². The van der Waals surface area contributed by atoms with Gasteiger partial charge < -0.3 is 15.0 Å². The number of hydrogen-bond donors (Lipinski definition) is 1. The number of benzene rings is 1. The summed E-state index contributed by atoms with van der Waals surface area (Å²) in [7, 11) is 3.05. The van der Waals surface area contributed by atoms with Gasteiger partial charge in [0.15, 0.2) is 0 Å². The quantitative estimate of drug-likeness (QED) is 0.761. The number of ether oxygens (including phenoxy) is 1. The third kappa shape index (κ3) is 6.11. The number of nitrogens with zero attached hydrogens (tertiary/aromatic N) is 1. The average Bonchev–Trinajstić information content (AvgIpc) is 2.32. The molecule has 0 atom stereocenters. The van der Waals surface area contributed by atoms with Gasteiger partial charge in [0.05, 0.1) is 12.3 Å². The van der Waals surface area contributed by atoms with E-state index in [9.17, 15) is 13.2 Å². The predicted molar refractivity (Wildman–Crippen MR) is 77.0 cm³/mol. The lowest BCUT2D eigenvalue weighted by atomic mass is 10.2. The van der Waals surface area contributed by atoms with Gasteiger partial charge in [0.25, 0.3) is 0 Å². The Kier molecular flexibility index (Phi) is 6.78. The first-order valence-electron chi connectivity index (χ1n) is 6.09. The minimum Gasteiger partial charge on any atom is -0.383 e. The molecule has 0 fully saturated rings. The Labute approximate surface area is 125 Å². The van der Waals surface area contributed by atoms with Gasteiger partial charge in [-0.05, 0) is 33.6 Å². The van der Waals surface area contributed by atoms with E-state index in [4.69, 9.17) is 4.74 Å². The predicted octanol–water partition coefficient (Wildman–Crippen LogP) is 3.18. The van der Waals surface area contributed by atoms with Crippen LogP contribution in [0.3, 0.4) is 0 Å². The van der Waals surface area contributed by atoms with Crippen LogP contribution in [0, 0.1) is 0 Å². The molecule has 0 unspecified atom stereocenters. The highest BCUT2D eigenvalue weighted by Crippen LogP contribution is 2.29. The Bertz CT molecular complexity index is 427. The maximum atomic E-state index is 12.4. The third-order valence-corrected chi connectivity index (χ3v) is 3.29. The van der Waals surface area contributed by atoms with Crippen molar-refractivity contribution < 1.29 is 17.9 Å². The lowest BCUT2D eigenvalue weighted by molar-refractivity contribution is -0.119. The summed E-state index contributed by atoms with van der Waals surface area (Å²) in [6, 6.07) is 5.32. The molecule has 0 saturated carbocycles. The van der Waals surface area contributed by atoms with E-state index in [1.807, 2.05) is 12.1 Å². The molecule has 0 amide bonds. The first kappa shape index (κ1) is 17.3. The van der Waals surface area contributed by atoms with E-state index < -0.39 is 12.7 Å². The topological polar surface area (TPSA) is 24.5 Å². The molecule has 0 aliphatic rings. The maximum absolute atomic E-state index is 12.4. The standard InChI is InChI=1S/C13H18BrF3N2O/c1-19(9-13(15,16)17)12-4-3-10(7-11(12)14)8-18-5-6-20-2/h3-4,7,18H,5-6,8-9H2,1-2H3. The summed E-state index contributed by atoms with van der Waals surface area (Å²) in [6.07, 6.45) is -4.21. The van der Waals surface area contributed by atoms with E-state index in [1.54, 1.807) is 13.2 Å². The van der Waals surface area contributed by atoms with Crippen molar-refractivity contribution in [1.82, 2.24) is 5.32 Å². The average molecular weight is 355 g/mol. The van der Waals surface area contributed by atoms with E-state index in [-0.39, 0.29) is 0 Å². The van der Waals surface area contributed by atoms with E-state index in [0.29, 0.717) is 23.3 Å². The fraction of sp³-hybridized carbons (Fsp3) is 0.538. The van der Waals surface area contributed by atoms with Crippen LogP contribution in [0.25, 0.3) is 0 Å². The van der Waals surface area contributed by atoms with E-state index >= 15 is 0 Å². The number of methoxy groups -OCH3 is 1. The molecule has 0 aliphatic carbocycles. The molecule has 114 valence electrons. The second-order valence-corrected chi connectivity index (χ2v) is 5.28. The van der Waals surface area contributed by atoms with Crippen LogP contribution in [-0.4, -0.2) is 40.0 Å². The van der Waals surface area contributed by atoms with Crippen LogP contribution in [0.1, 0.15) is 5.56 Å². The molecule has 0 heterocycles. The zero-order valence-corrected chi connectivity index (χ0v) is 13.0. The summed E-state index contributed by atoms with van der Waals surface area (Å²) in [5, 5.41) is 3.18. The number of anilines is 1. The van der Waals surface area contributed by atoms with Gasteiger partial charge in [-0.2, -0.15) is 13.2 Å². The fourth-order valence-electron chi connectivity index (χ4n) is 1.73. The first-order chi connectivity index (χ1) is 9.33. The van der Waals surface area contributed by atoms with Gasteiger partial charge in [-0.1, -0.05) is 6.07 Å². The van der Waals surface area contributed by atoms with Gasteiger partial charge in [-0.3, -0.25) is 0 Å². The van der Waals surface area contributed by atoms with Gasteiger partial charge >= 0.3 is 6.18 Å². The summed E-state index contributed by atoms with van der Waals surface area (Å²) < 4.78 is 42.7. The minimum absolute atomic E-state index is 0.517. The molecule has 0 aromatic heterocycles. The molecule has 1 N–H and O–H groups in total. The molecular formula is C13H18BrF3N2O. The monoisotopic (exact) mass is 354 g/mol. The van der Waals surface area contributed by atoms with E-state index in [2.05, 4.69) is 21.2 Å². The Balaban J connectivity index is 2.63. The second-order valence-electron chi connectivity index (χ2n) is 4.43. The SMILES string of the molecule is COCCNCc1ccc(N(C)CC(F)(F)F)c(Br)c1. The lowest BCUT2D eigenvalue weighted by Gasteiger charge is -2.22. The minimum atomic E-state index is -4.21. The molecular weight excluding hydrogens is 337 g/mol. The van der Waals surface area contributed by atoms with Gasteiger partial charge in [0, 0.05) is 31.7 Å². The van der Waals surface area contributed by atoms with E-state index in [1.165, 1.54) is 11.9 Å². The van der Waals surface area contributed by atoms with Crippen molar-refractivity contribution in [2.24, 2.45) is 0 Å². The van der Waals surface area contributed by atoms with Crippen molar-refractivity contribution >= 4 is 21.6 Å². The van der Waals surface area contributed by atoms with Gasteiger partial charge in [0.1, 0.15) is 6.54 Å². The molecule has 0 aliphatic heterocycles. The van der Waals surface area contributed by atoms with Crippen LogP contribution < -0.4 is 10.2 Å². The van der Waals surface area contributed by atoms with Gasteiger partial charge in [0.2, 0.25) is 0 Å². The van der Waals surface area contributed by atoms with Crippen molar-refractivity contribution in [2.45, 2.75) is 12.7 Å². The zero-order valence-electron chi connectivity index (χ0n) is 11.4. The van der Waals surface area contributed by atoms with Crippen molar-refractivity contribution in [3.05, 3.63) is 28.2 Å². The smallest absolute Gasteiger partial charge is 0.383 e. The van der Waals surface area contributed by atoms with Crippen LogP contribution in [0.2, 0.25) is 0 Å². The molecule has 0 saturated heterocycles. The molecule has 1 rings (SSSR count). The van der Waals surface area contributed by atoms with Crippen LogP contribution >= 0.6 is 15.9 Å². The number of hydrogen-bond acceptors (Lipinski definition) is 3. The number of rotatable bonds is 7. The molecule has 0 bridgehead atoms. The summed E-state index contributed by atoms with van der Waals surface area (Å²) in [5.74, 6) is 0. The van der Waals surface area contributed by atoms with Crippen LogP contribution in [-0.2, 0) is 11.3 Å². The molecule has 1 aromatic carbocycles. The van der Waals surface area contributed by atoms with Crippen LogP contribution in [0.5, 0.6) is 0 Å². The number of alkyl halides is 3. The Morgan fingerprint density at radius 2 is 2.05 bits per heavy atom. The highest BCUT2D eigenvalue weighted by molar-refractivity contribution is 9.10. The largest absolute Gasteiger partial charge is 0.405 e. The van der Waals surface area contributed by atoms with Crippen molar-refractivity contribution in [2.75, 3.05) is 38.8 Å². The molecule has 1 aromatic rings. The Morgan fingerprint density at radius 1 is 1.35 bits per heavy atom. The maximum Gasteiger partial charge on any atom is 0.405 e. The molecule has 3 nitrogen and oxygen atoms in total.